The molecule has 1 heterocycles. The molecule has 0 spiro atoms. The fourth-order valence-corrected chi connectivity index (χ4v) is 2.02. The summed E-state index contributed by atoms with van der Waals surface area (Å²) in [7, 11) is 0. The molecule has 1 fully saturated rings. The molecule has 90 valence electrons. The third-order valence-corrected chi connectivity index (χ3v) is 2.82. The van der Waals surface area contributed by atoms with Crippen LogP contribution in [0, 0.1) is 0 Å². The van der Waals surface area contributed by atoms with Gasteiger partial charge in [0.25, 0.3) is 0 Å². The SMILES string of the molecule is CCCOCCN1CC(C)OC(CCl)C1. The van der Waals surface area contributed by atoms with Crippen LogP contribution in [0.2, 0.25) is 0 Å². The van der Waals surface area contributed by atoms with E-state index in [2.05, 4.69) is 18.7 Å². The van der Waals surface area contributed by atoms with E-state index in [4.69, 9.17) is 21.1 Å². The van der Waals surface area contributed by atoms with Crippen molar-refractivity contribution in [1.29, 1.82) is 0 Å². The minimum absolute atomic E-state index is 0.182. The molecule has 0 aliphatic carbocycles. The van der Waals surface area contributed by atoms with Crippen LogP contribution in [0.3, 0.4) is 0 Å². The monoisotopic (exact) mass is 235 g/mol. The van der Waals surface area contributed by atoms with Crippen LogP contribution in [0.15, 0.2) is 0 Å². The molecule has 0 N–H and O–H groups in total. The van der Waals surface area contributed by atoms with Gasteiger partial charge in [0, 0.05) is 32.1 Å². The Morgan fingerprint density at radius 3 is 2.87 bits per heavy atom. The van der Waals surface area contributed by atoms with Gasteiger partial charge >= 0.3 is 0 Å². The van der Waals surface area contributed by atoms with Gasteiger partial charge in [0.15, 0.2) is 0 Å². The highest BCUT2D eigenvalue weighted by Gasteiger charge is 2.23. The Bertz CT molecular complexity index is 169. The molecule has 1 aliphatic heterocycles. The maximum atomic E-state index is 5.81. The predicted octanol–water partition coefficient (Wildman–Crippen LogP) is 1.74. The van der Waals surface area contributed by atoms with Crippen molar-refractivity contribution in [3.63, 3.8) is 0 Å². The third-order valence-electron chi connectivity index (χ3n) is 2.47. The van der Waals surface area contributed by atoms with Gasteiger partial charge in [-0.25, -0.2) is 0 Å². The quantitative estimate of drug-likeness (QED) is 0.517. The predicted molar refractivity (Wildman–Crippen MR) is 62.6 cm³/mol. The topological polar surface area (TPSA) is 21.7 Å². The lowest BCUT2D eigenvalue weighted by Gasteiger charge is -2.35. The van der Waals surface area contributed by atoms with E-state index >= 15 is 0 Å². The maximum absolute atomic E-state index is 5.81. The van der Waals surface area contributed by atoms with E-state index in [-0.39, 0.29) is 12.2 Å². The minimum Gasteiger partial charge on any atom is -0.380 e. The summed E-state index contributed by atoms with van der Waals surface area (Å²) in [6.45, 7) is 8.81. The first-order chi connectivity index (χ1) is 7.26. The van der Waals surface area contributed by atoms with Crippen LogP contribution in [0.1, 0.15) is 20.3 Å². The molecule has 1 saturated heterocycles. The molecule has 0 aromatic heterocycles. The second kappa shape index (κ2) is 7.44. The normalized spacial score (nSPS) is 28.2. The fraction of sp³-hybridized carbons (Fsp3) is 1.00. The number of morpholine rings is 1. The summed E-state index contributed by atoms with van der Waals surface area (Å²) in [6, 6.07) is 0. The van der Waals surface area contributed by atoms with Crippen molar-refractivity contribution in [3.8, 4) is 0 Å². The minimum atomic E-state index is 0.182. The summed E-state index contributed by atoms with van der Waals surface area (Å²) in [5.74, 6) is 0.580. The van der Waals surface area contributed by atoms with Crippen molar-refractivity contribution in [1.82, 2.24) is 4.90 Å². The van der Waals surface area contributed by atoms with Crippen LogP contribution in [-0.2, 0) is 9.47 Å². The molecule has 4 heteroatoms. The van der Waals surface area contributed by atoms with Gasteiger partial charge in [-0.15, -0.1) is 11.6 Å². The summed E-state index contributed by atoms with van der Waals surface area (Å²) in [5.41, 5.74) is 0. The average Bonchev–Trinajstić information content (AvgIpc) is 2.23. The highest BCUT2D eigenvalue weighted by atomic mass is 35.5. The van der Waals surface area contributed by atoms with E-state index in [1.54, 1.807) is 0 Å². The molecule has 0 aromatic carbocycles. The Hall–Kier alpha value is 0.170. The Morgan fingerprint density at radius 1 is 1.40 bits per heavy atom. The number of alkyl halides is 1. The molecule has 0 saturated carbocycles. The summed E-state index contributed by atoms with van der Waals surface area (Å²) < 4.78 is 11.2. The van der Waals surface area contributed by atoms with Gasteiger partial charge in [0.2, 0.25) is 0 Å². The molecule has 1 aliphatic rings. The lowest BCUT2D eigenvalue weighted by Crippen LogP contribution is -2.48. The van der Waals surface area contributed by atoms with E-state index < -0.39 is 0 Å². The molecule has 0 aromatic rings. The first-order valence-electron chi connectivity index (χ1n) is 5.77. The zero-order valence-corrected chi connectivity index (χ0v) is 10.5. The van der Waals surface area contributed by atoms with Gasteiger partial charge in [-0.3, -0.25) is 4.90 Å². The van der Waals surface area contributed by atoms with Crippen molar-refractivity contribution >= 4 is 11.6 Å². The van der Waals surface area contributed by atoms with Gasteiger partial charge in [-0.2, -0.15) is 0 Å². The zero-order valence-electron chi connectivity index (χ0n) is 9.75. The molecule has 1 rings (SSSR count). The molecule has 3 nitrogen and oxygen atoms in total. The van der Waals surface area contributed by atoms with E-state index in [9.17, 15) is 0 Å². The lowest BCUT2D eigenvalue weighted by atomic mass is 10.2. The van der Waals surface area contributed by atoms with Crippen LogP contribution in [0.25, 0.3) is 0 Å². The summed E-state index contributed by atoms with van der Waals surface area (Å²) >= 11 is 5.81. The first kappa shape index (κ1) is 13.2. The van der Waals surface area contributed by atoms with Gasteiger partial charge in [-0.1, -0.05) is 6.92 Å². The molecule has 2 atom stereocenters. The smallest absolute Gasteiger partial charge is 0.0841 e. The van der Waals surface area contributed by atoms with Crippen molar-refractivity contribution in [2.45, 2.75) is 32.5 Å². The molecule has 2 unspecified atom stereocenters. The van der Waals surface area contributed by atoms with E-state index in [0.717, 1.165) is 39.3 Å². The molecule has 0 bridgehead atoms. The van der Waals surface area contributed by atoms with Crippen molar-refractivity contribution < 1.29 is 9.47 Å². The van der Waals surface area contributed by atoms with E-state index in [1.807, 2.05) is 0 Å². The van der Waals surface area contributed by atoms with Crippen molar-refractivity contribution in [3.05, 3.63) is 0 Å². The highest BCUT2D eigenvalue weighted by Crippen LogP contribution is 2.11. The molecule has 0 radical (unpaired) electrons. The molecule has 15 heavy (non-hydrogen) atoms. The number of ether oxygens (including phenoxy) is 2. The third kappa shape index (κ3) is 5.16. The Balaban J connectivity index is 2.16. The summed E-state index contributed by atoms with van der Waals surface area (Å²) in [4.78, 5) is 2.37. The maximum Gasteiger partial charge on any atom is 0.0841 e. The highest BCUT2D eigenvalue weighted by molar-refractivity contribution is 6.18. The number of nitrogens with zero attached hydrogens (tertiary/aromatic N) is 1. The van der Waals surface area contributed by atoms with E-state index in [1.165, 1.54) is 0 Å². The summed E-state index contributed by atoms with van der Waals surface area (Å²) in [5, 5.41) is 0. The van der Waals surface area contributed by atoms with Crippen molar-refractivity contribution in [2.75, 3.05) is 38.7 Å². The van der Waals surface area contributed by atoms with Crippen LogP contribution >= 0.6 is 11.6 Å². The van der Waals surface area contributed by atoms with Gasteiger partial charge in [0.1, 0.15) is 0 Å². The summed E-state index contributed by atoms with van der Waals surface area (Å²) in [6.07, 6.45) is 1.55. The number of hydrogen-bond acceptors (Lipinski definition) is 3. The number of rotatable bonds is 6. The molecular weight excluding hydrogens is 214 g/mol. The van der Waals surface area contributed by atoms with Crippen LogP contribution in [0.4, 0.5) is 0 Å². The number of halogens is 1. The zero-order chi connectivity index (χ0) is 11.1. The Kier molecular flexibility index (Phi) is 6.57. The van der Waals surface area contributed by atoms with Crippen LogP contribution in [-0.4, -0.2) is 55.8 Å². The van der Waals surface area contributed by atoms with Gasteiger partial charge < -0.3 is 9.47 Å². The first-order valence-corrected chi connectivity index (χ1v) is 6.31. The standard InChI is InChI=1S/C11H22ClNO2/c1-3-5-14-6-4-13-8-10(2)15-11(7-12)9-13/h10-11H,3-9H2,1-2H3. The second-order valence-corrected chi connectivity index (χ2v) is 4.40. The Labute approximate surface area is 97.7 Å². The largest absolute Gasteiger partial charge is 0.380 e. The second-order valence-electron chi connectivity index (χ2n) is 4.09. The Morgan fingerprint density at radius 2 is 2.20 bits per heavy atom. The number of hydrogen-bond donors (Lipinski definition) is 0. The molecule has 0 amide bonds. The van der Waals surface area contributed by atoms with Crippen LogP contribution < -0.4 is 0 Å². The lowest BCUT2D eigenvalue weighted by molar-refractivity contribution is -0.0714. The van der Waals surface area contributed by atoms with Crippen molar-refractivity contribution in [2.24, 2.45) is 0 Å². The van der Waals surface area contributed by atoms with Gasteiger partial charge in [-0.05, 0) is 13.3 Å². The molecular formula is C11H22ClNO2. The van der Waals surface area contributed by atoms with E-state index in [0.29, 0.717) is 5.88 Å². The average molecular weight is 236 g/mol. The fourth-order valence-electron chi connectivity index (χ4n) is 1.85. The van der Waals surface area contributed by atoms with Gasteiger partial charge in [0.05, 0.1) is 18.8 Å². The van der Waals surface area contributed by atoms with Crippen LogP contribution in [0.5, 0.6) is 0 Å².